The average Bonchev–Trinajstić information content (AvgIpc) is 3.32. The molecule has 0 aliphatic heterocycles. The first-order chi connectivity index (χ1) is 14.6. The van der Waals surface area contributed by atoms with Gasteiger partial charge in [-0.3, -0.25) is 10.1 Å². The van der Waals surface area contributed by atoms with Gasteiger partial charge in [-0.05, 0) is 24.3 Å². The molecule has 4 aromatic rings. The fraction of sp³-hybridized carbons (Fsp3) is 0.0952. The first kappa shape index (κ1) is 19.9. The predicted octanol–water partition coefficient (Wildman–Crippen LogP) is 4.69. The summed E-state index contributed by atoms with van der Waals surface area (Å²) in [6.07, 6.45) is 1.64. The van der Waals surface area contributed by atoms with E-state index < -0.39 is 0 Å². The van der Waals surface area contributed by atoms with Crippen LogP contribution in [0.25, 0.3) is 16.2 Å². The maximum absolute atomic E-state index is 12.3. The van der Waals surface area contributed by atoms with Crippen LogP contribution in [0.2, 0.25) is 5.02 Å². The molecule has 0 bridgehead atoms. The Balaban J connectivity index is 1.43. The number of thiazole rings is 1. The molecular formula is C21H17ClN4O3S. The lowest BCUT2D eigenvalue weighted by molar-refractivity contribution is -0.118. The number of ether oxygens (including phenoxy) is 2. The van der Waals surface area contributed by atoms with Crippen molar-refractivity contribution in [2.24, 2.45) is 0 Å². The molecule has 0 saturated heterocycles. The van der Waals surface area contributed by atoms with Crippen LogP contribution in [0, 0.1) is 0 Å². The van der Waals surface area contributed by atoms with E-state index in [1.165, 1.54) is 11.3 Å². The number of aromatic nitrogens is 3. The maximum Gasteiger partial charge on any atom is 0.264 e. The van der Waals surface area contributed by atoms with E-state index in [0.29, 0.717) is 28.1 Å². The van der Waals surface area contributed by atoms with E-state index in [4.69, 9.17) is 21.1 Å². The molecule has 0 aliphatic carbocycles. The summed E-state index contributed by atoms with van der Waals surface area (Å²) in [7, 11) is 0. The molecule has 0 saturated carbocycles. The van der Waals surface area contributed by atoms with E-state index in [0.717, 1.165) is 11.3 Å². The Morgan fingerprint density at radius 1 is 1.17 bits per heavy atom. The SMILES string of the molecule is C=CCOc1ccccc1OCC(=O)Nc1nc2scc(-c3ccc(Cl)cc3)n2n1. The maximum atomic E-state index is 12.3. The molecular weight excluding hydrogens is 424 g/mol. The van der Waals surface area contributed by atoms with Gasteiger partial charge < -0.3 is 9.47 Å². The van der Waals surface area contributed by atoms with Crippen LogP contribution >= 0.6 is 22.9 Å². The van der Waals surface area contributed by atoms with Crippen LogP contribution in [-0.2, 0) is 4.79 Å². The van der Waals surface area contributed by atoms with E-state index >= 15 is 0 Å². The Morgan fingerprint density at radius 2 is 1.90 bits per heavy atom. The van der Waals surface area contributed by atoms with Crippen molar-refractivity contribution in [3.05, 3.63) is 71.6 Å². The molecule has 152 valence electrons. The monoisotopic (exact) mass is 440 g/mol. The standard InChI is InChI=1S/C21H17ClN4O3S/c1-2-11-28-17-5-3-4-6-18(17)29-12-19(27)23-20-24-21-26(25-20)16(13-30-21)14-7-9-15(22)10-8-14/h2-10,13H,1,11-12H2,(H,23,25,27). The highest BCUT2D eigenvalue weighted by molar-refractivity contribution is 7.15. The molecule has 4 rings (SSSR count). The molecule has 9 heteroatoms. The van der Waals surface area contributed by atoms with Crippen LogP contribution in [0.15, 0.2) is 66.6 Å². The van der Waals surface area contributed by atoms with Gasteiger partial charge in [0.05, 0.1) is 5.69 Å². The van der Waals surface area contributed by atoms with Gasteiger partial charge in [-0.2, -0.15) is 4.98 Å². The quantitative estimate of drug-likeness (QED) is 0.402. The van der Waals surface area contributed by atoms with Crippen LogP contribution in [0.3, 0.4) is 0 Å². The summed E-state index contributed by atoms with van der Waals surface area (Å²) < 4.78 is 12.8. The molecule has 0 aliphatic rings. The Kier molecular flexibility index (Phi) is 5.97. The number of hydrogen-bond acceptors (Lipinski definition) is 6. The summed E-state index contributed by atoms with van der Waals surface area (Å²) in [4.78, 5) is 17.3. The van der Waals surface area contributed by atoms with Gasteiger partial charge >= 0.3 is 0 Å². The highest BCUT2D eigenvalue weighted by Gasteiger charge is 2.14. The minimum absolute atomic E-state index is 0.203. The average molecular weight is 441 g/mol. The molecule has 0 spiro atoms. The Labute approximate surface area is 181 Å². The predicted molar refractivity (Wildman–Crippen MR) is 118 cm³/mol. The molecule has 1 amide bonds. The second-order valence-electron chi connectivity index (χ2n) is 6.14. The first-order valence-electron chi connectivity index (χ1n) is 8.99. The van der Waals surface area contributed by atoms with Gasteiger partial charge in [-0.15, -0.1) is 16.4 Å². The van der Waals surface area contributed by atoms with Crippen molar-refractivity contribution in [2.75, 3.05) is 18.5 Å². The zero-order valence-electron chi connectivity index (χ0n) is 15.7. The second kappa shape index (κ2) is 8.98. The lowest BCUT2D eigenvalue weighted by atomic mass is 10.2. The number of halogens is 1. The zero-order chi connectivity index (χ0) is 20.9. The summed E-state index contributed by atoms with van der Waals surface area (Å²) >= 11 is 7.39. The molecule has 30 heavy (non-hydrogen) atoms. The normalized spacial score (nSPS) is 10.7. The topological polar surface area (TPSA) is 77.8 Å². The minimum atomic E-state index is -0.375. The molecule has 0 fully saturated rings. The number of para-hydroxylation sites is 2. The largest absolute Gasteiger partial charge is 0.486 e. The summed E-state index contributed by atoms with van der Waals surface area (Å²) in [6.45, 7) is 3.76. The fourth-order valence-electron chi connectivity index (χ4n) is 2.69. The number of carbonyl (C=O) groups excluding carboxylic acids is 1. The highest BCUT2D eigenvalue weighted by Crippen LogP contribution is 2.28. The molecule has 7 nitrogen and oxygen atoms in total. The van der Waals surface area contributed by atoms with Gasteiger partial charge in [0, 0.05) is 16.0 Å². The molecule has 0 unspecified atom stereocenters. The third-order valence-corrected chi connectivity index (χ3v) is 5.11. The number of benzene rings is 2. The van der Waals surface area contributed by atoms with Crippen LogP contribution in [0.5, 0.6) is 11.5 Å². The lowest BCUT2D eigenvalue weighted by Crippen LogP contribution is -2.21. The van der Waals surface area contributed by atoms with Gasteiger partial charge in [-0.25, -0.2) is 4.52 Å². The van der Waals surface area contributed by atoms with Crippen LogP contribution in [0.4, 0.5) is 5.95 Å². The fourth-order valence-corrected chi connectivity index (χ4v) is 3.65. The first-order valence-corrected chi connectivity index (χ1v) is 10.3. The van der Waals surface area contributed by atoms with Crippen molar-refractivity contribution in [1.82, 2.24) is 14.6 Å². The highest BCUT2D eigenvalue weighted by atomic mass is 35.5. The molecule has 2 aromatic heterocycles. The number of anilines is 1. The van der Waals surface area contributed by atoms with Crippen LogP contribution < -0.4 is 14.8 Å². The number of rotatable bonds is 8. The molecule has 1 N–H and O–H groups in total. The van der Waals surface area contributed by atoms with Gasteiger partial charge in [0.1, 0.15) is 6.61 Å². The summed E-state index contributed by atoms with van der Waals surface area (Å²) in [5.41, 5.74) is 1.82. The Bertz CT molecular complexity index is 1190. The van der Waals surface area contributed by atoms with E-state index in [2.05, 4.69) is 22.0 Å². The van der Waals surface area contributed by atoms with Crippen molar-refractivity contribution in [3.8, 4) is 22.8 Å². The molecule has 2 heterocycles. The van der Waals surface area contributed by atoms with Crippen molar-refractivity contribution < 1.29 is 14.3 Å². The summed E-state index contributed by atoms with van der Waals surface area (Å²) in [6, 6.07) is 14.6. The third-order valence-electron chi connectivity index (χ3n) is 4.04. The number of hydrogen-bond donors (Lipinski definition) is 1. The van der Waals surface area contributed by atoms with Crippen molar-refractivity contribution in [1.29, 1.82) is 0 Å². The van der Waals surface area contributed by atoms with Crippen molar-refractivity contribution in [3.63, 3.8) is 0 Å². The van der Waals surface area contributed by atoms with Gasteiger partial charge in [0.25, 0.3) is 11.9 Å². The second-order valence-corrected chi connectivity index (χ2v) is 7.41. The zero-order valence-corrected chi connectivity index (χ0v) is 17.3. The Morgan fingerprint density at radius 3 is 2.63 bits per heavy atom. The van der Waals surface area contributed by atoms with E-state index in [1.54, 1.807) is 28.8 Å². The molecule has 0 radical (unpaired) electrons. The Hall–Kier alpha value is -3.36. The number of carbonyl (C=O) groups is 1. The molecule has 2 aromatic carbocycles. The summed E-state index contributed by atoms with van der Waals surface area (Å²) in [5, 5.41) is 9.66. The minimum Gasteiger partial charge on any atom is -0.486 e. The number of amides is 1. The van der Waals surface area contributed by atoms with E-state index in [9.17, 15) is 4.79 Å². The third kappa shape index (κ3) is 4.45. The van der Waals surface area contributed by atoms with Crippen molar-refractivity contribution >= 4 is 39.8 Å². The van der Waals surface area contributed by atoms with Crippen LogP contribution in [-0.4, -0.2) is 33.7 Å². The van der Waals surface area contributed by atoms with Gasteiger partial charge in [0.15, 0.2) is 18.1 Å². The van der Waals surface area contributed by atoms with Crippen molar-refractivity contribution in [2.45, 2.75) is 0 Å². The van der Waals surface area contributed by atoms with E-state index in [-0.39, 0.29) is 18.5 Å². The van der Waals surface area contributed by atoms with Gasteiger partial charge in [0.2, 0.25) is 4.96 Å². The molecule has 0 atom stereocenters. The number of nitrogens with one attached hydrogen (secondary N) is 1. The van der Waals surface area contributed by atoms with Gasteiger partial charge in [-0.1, -0.05) is 48.5 Å². The van der Waals surface area contributed by atoms with E-state index in [1.807, 2.05) is 35.7 Å². The van der Waals surface area contributed by atoms with Crippen LogP contribution in [0.1, 0.15) is 0 Å². The lowest BCUT2D eigenvalue weighted by Gasteiger charge is -2.11. The number of fused-ring (bicyclic) bond motifs is 1. The smallest absolute Gasteiger partial charge is 0.264 e. The number of nitrogens with zero attached hydrogens (tertiary/aromatic N) is 3. The summed E-state index contributed by atoms with van der Waals surface area (Å²) in [5.74, 6) is 0.846.